The number of hydrogen-bond donors (Lipinski definition) is 0. The second-order valence-corrected chi connectivity index (χ2v) is 6.57. The first-order valence-corrected chi connectivity index (χ1v) is 8.85. The van der Waals surface area contributed by atoms with Crippen LogP contribution in [0.4, 0.5) is 0 Å². The minimum atomic E-state index is -0.137. The lowest BCUT2D eigenvalue weighted by atomic mass is 10.1. The Bertz CT molecular complexity index is 1040. The van der Waals surface area contributed by atoms with Crippen molar-refractivity contribution in [2.75, 3.05) is 0 Å². The Labute approximate surface area is 162 Å². The third kappa shape index (κ3) is 3.44. The third-order valence-corrected chi connectivity index (χ3v) is 4.75. The van der Waals surface area contributed by atoms with E-state index in [0.717, 1.165) is 16.7 Å². The van der Waals surface area contributed by atoms with E-state index in [1.54, 1.807) is 30.6 Å². The van der Waals surface area contributed by atoms with Gasteiger partial charge in [0, 0.05) is 28.5 Å². The number of aromatic nitrogens is 1. The number of hydrogen-bond acceptors (Lipinski definition) is 4. The Kier molecular flexibility index (Phi) is 4.65. The van der Waals surface area contributed by atoms with Gasteiger partial charge in [0.1, 0.15) is 18.1 Å². The molecule has 0 aliphatic carbocycles. The van der Waals surface area contributed by atoms with E-state index in [1.165, 1.54) is 0 Å². The summed E-state index contributed by atoms with van der Waals surface area (Å²) in [5.41, 5.74) is 3.08. The number of nitrogens with zero attached hydrogens (tertiary/aromatic N) is 1. The first-order valence-electron chi connectivity index (χ1n) is 8.47. The van der Waals surface area contributed by atoms with E-state index in [9.17, 15) is 4.79 Å². The monoisotopic (exact) mass is 377 g/mol. The number of carbonyl (C=O) groups excluding carboxylic acids is 1. The summed E-state index contributed by atoms with van der Waals surface area (Å²) in [6.45, 7) is 2.22. The second kappa shape index (κ2) is 7.25. The molecule has 5 heteroatoms. The van der Waals surface area contributed by atoms with Crippen LogP contribution < -0.4 is 9.47 Å². The molecule has 2 heterocycles. The quantitative estimate of drug-likeness (QED) is 0.583. The lowest BCUT2D eigenvalue weighted by Crippen LogP contribution is -1.99. The summed E-state index contributed by atoms with van der Waals surface area (Å²) in [6.07, 6.45) is 5.06. The fourth-order valence-corrected chi connectivity index (χ4v) is 3.10. The number of allylic oxidation sites excluding steroid dienone is 1. The molecule has 0 fully saturated rings. The number of Topliss-reactive ketones (excluding diaryl/α,β-unsaturated/α-hetero) is 1. The summed E-state index contributed by atoms with van der Waals surface area (Å²) in [4.78, 5) is 16.6. The van der Waals surface area contributed by atoms with E-state index < -0.39 is 0 Å². The average Bonchev–Trinajstić information content (AvgIpc) is 3.00. The van der Waals surface area contributed by atoms with Crippen LogP contribution in [-0.4, -0.2) is 10.8 Å². The van der Waals surface area contributed by atoms with Crippen molar-refractivity contribution in [2.45, 2.75) is 13.5 Å². The average molecular weight is 378 g/mol. The smallest absolute Gasteiger partial charge is 0.231 e. The van der Waals surface area contributed by atoms with Crippen LogP contribution in [0.5, 0.6) is 11.5 Å². The van der Waals surface area contributed by atoms with Crippen LogP contribution >= 0.6 is 11.6 Å². The molecule has 3 aromatic rings. The molecule has 0 saturated heterocycles. The normalized spacial score (nSPS) is 14.1. The fourth-order valence-electron chi connectivity index (χ4n) is 2.91. The summed E-state index contributed by atoms with van der Waals surface area (Å²) in [5.74, 6) is 1.36. The van der Waals surface area contributed by atoms with Gasteiger partial charge in [-0.25, -0.2) is 0 Å². The van der Waals surface area contributed by atoms with E-state index in [1.807, 2.05) is 43.3 Å². The van der Waals surface area contributed by atoms with Crippen LogP contribution in [0.25, 0.3) is 6.08 Å². The predicted octanol–water partition coefficient (Wildman–Crippen LogP) is 5.24. The van der Waals surface area contributed by atoms with Crippen molar-refractivity contribution in [2.24, 2.45) is 0 Å². The number of pyridine rings is 1. The predicted molar refractivity (Wildman–Crippen MR) is 104 cm³/mol. The molecular formula is C22H16ClNO3. The number of ether oxygens (including phenoxy) is 2. The molecule has 1 aliphatic heterocycles. The highest BCUT2D eigenvalue weighted by Gasteiger charge is 2.30. The topological polar surface area (TPSA) is 48.4 Å². The van der Waals surface area contributed by atoms with Gasteiger partial charge in [-0.2, -0.15) is 0 Å². The SMILES string of the molecule is Cc1c(OCc2ccccc2Cl)ccc2c1O/C(=C\c1ccncc1)C2=O. The summed E-state index contributed by atoms with van der Waals surface area (Å²) < 4.78 is 11.8. The molecule has 1 aliphatic rings. The Morgan fingerprint density at radius 2 is 1.89 bits per heavy atom. The lowest BCUT2D eigenvalue weighted by molar-refractivity contribution is 0.101. The number of halogens is 1. The molecule has 0 saturated carbocycles. The van der Waals surface area contributed by atoms with Gasteiger partial charge in [0.25, 0.3) is 0 Å². The zero-order valence-corrected chi connectivity index (χ0v) is 15.4. The van der Waals surface area contributed by atoms with Crippen molar-refractivity contribution in [3.05, 3.63) is 94.0 Å². The van der Waals surface area contributed by atoms with Crippen molar-refractivity contribution in [3.63, 3.8) is 0 Å². The third-order valence-electron chi connectivity index (χ3n) is 4.38. The highest BCUT2D eigenvalue weighted by Crippen LogP contribution is 2.39. The van der Waals surface area contributed by atoms with E-state index in [2.05, 4.69) is 4.98 Å². The van der Waals surface area contributed by atoms with Gasteiger partial charge in [0.05, 0.1) is 5.56 Å². The Hall–Kier alpha value is -3.11. The lowest BCUT2D eigenvalue weighted by Gasteiger charge is -2.12. The van der Waals surface area contributed by atoms with Crippen LogP contribution in [-0.2, 0) is 6.61 Å². The van der Waals surface area contributed by atoms with Crippen LogP contribution in [0.2, 0.25) is 5.02 Å². The minimum absolute atomic E-state index is 0.137. The van der Waals surface area contributed by atoms with E-state index in [0.29, 0.717) is 34.5 Å². The zero-order chi connectivity index (χ0) is 18.8. The molecule has 2 aromatic carbocycles. The molecule has 0 radical (unpaired) electrons. The van der Waals surface area contributed by atoms with Gasteiger partial charge in [-0.15, -0.1) is 0 Å². The number of rotatable bonds is 4. The molecule has 0 unspecified atom stereocenters. The standard InChI is InChI=1S/C22H16ClNO3/c1-14-19(26-13-16-4-2-3-5-18(16)23)7-6-17-21(25)20(27-22(14)17)12-15-8-10-24-11-9-15/h2-12H,13H2,1H3/b20-12-. The number of fused-ring (bicyclic) bond motifs is 1. The summed E-state index contributed by atoms with van der Waals surface area (Å²) in [5, 5.41) is 0.658. The first kappa shape index (κ1) is 17.3. The van der Waals surface area contributed by atoms with Gasteiger partial charge in [-0.1, -0.05) is 29.8 Å². The number of benzene rings is 2. The number of carbonyl (C=O) groups is 1. The van der Waals surface area contributed by atoms with Gasteiger partial charge < -0.3 is 9.47 Å². The van der Waals surface area contributed by atoms with Crippen molar-refractivity contribution < 1.29 is 14.3 Å². The second-order valence-electron chi connectivity index (χ2n) is 6.17. The molecule has 0 amide bonds. The van der Waals surface area contributed by atoms with Crippen molar-refractivity contribution in [1.29, 1.82) is 0 Å². The van der Waals surface area contributed by atoms with Crippen LogP contribution in [0, 0.1) is 6.92 Å². The zero-order valence-electron chi connectivity index (χ0n) is 14.6. The van der Waals surface area contributed by atoms with Crippen molar-refractivity contribution in [3.8, 4) is 11.5 Å². The van der Waals surface area contributed by atoms with Gasteiger partial charge in [0.2, 0.25) is 5.78 Å². The highest BCUT2D eigenvalue weighted by molar-refractivity contribution is 6.31. The molecule has 0 atom stereocenters. The maximum atomic E-state index is 12.6. The van der Waals surface area contributed by atoms with E-state index in [4.69, 9.17) is 21.1 Å². The van der Waals surface area contributed by atoms with Gasteiger partial charge in [-0.3, -0.25) is 9.78 Å². The molecule has 27 heavy (non-hydrogen) atoms. The van der Waals surface area contributed by atoms with Crippen molar-refractivity contribution in [1.82, 2.24) is 4.98 Å². The maximum absolute atomic E-state index is 12.6. The molecule has 1 aromatic heterocycles. The first-order chi connectivity index (χ1) is 13.1. The van der Waals surface area contributed by atoms with Crippen molar-refractivity contribution >= 4 is 23.5 Å². The highest BCUT2D eigenvalue weighted by atomic mass is 35.5. The molecule has 4 rings (SSSR count). The molecule has 134 valence electrons. The molecular weight excluding hydrogens is 362 g/mol. The summed E-state index contributed by atoms with van der Waals surface area (Å²) in [7, 11) is 0. The van der Waals surface area contributed by atoms with Gasteiger partial charge in [0.15, 0.2) is 5.76 Å². The van der Waals surface area contributed by atoms with Crippen LogP contribution in [0.15, 0.2) is 66.7 Å². The molecule has 0 bridgehead atoms. The van der Waals surface area contributed by atoms with Gasteiger partial charge in [-0.05, 0) is 48.9 Å². The Balaban J connectivity index is 1.59. The minimum Gasteiger partial charge on any atom is -0.488 e. The van der Waals surface area contributed by atoms with Crippen LogP contribution in [0.3, 0.4) is 0 Å². The molecule has 0 N–H and O–H groups in total. The Morgan fingerprint density at radius 3 is 2.67 bits per heavy atom. The summed E-state index contributed by atoms with van der Waals surface area (Å²) in [6, 6.07) is 14.7. The number of ketones is 1. The maximum Gasteiger partial charge on any atom is 0.231 e. The van der Waals surface area contributed by atoms with E-state index >= 15 is 0 Å². The summed E-state index contributed by atoms with van der Waals surface area (Å²) >= 11 is 6.18. The van der Waals surface area contributed by atoms with Gasteiger partial charge >= 0.3 is 0 Å². The van der Waals surface area contributed by atoms with Crippen LogP contribution in [0.1, 0.15) is 27.0 Å². The molecule has 0 spiro atoms. The molecule has 4 nitrogen and oxygen atoms in total. The van der Waals surface area contributed by atoms with E-state index in [-0.39, 0.29) is 5.78 Å². The largest absolute Gasteiger partial charge is 0.488 e. The fraction of sp³-hybridized carbons (Fsp3) is 0.0909. The Morgan fingerprint density at radius 1 is 1.11 bits per heavy atom.